The van der Waals surface area contributed by atoms with Crippen LogP contribution in [0.3, 0.4) is 0 Å². The first-order valence-electron chi connectivity index (χ1n) is 9.77. The van der Waals surface area contributed by atoms with Gasteiger partial charge in [-0.15, -0.1) is 17.0 Å². The van der Waals surface area contributed by atoms with E-state index in [2.05, 4.69) is 53.3 Å². The third-order valence-corrected chi connectivity index (χ3v) is 7.53. The van der Waals surface area contributed by atoms with E-state index in [1.165, 1.54) is 39.7 Å². The number of piperidine rings is 1. The van der Waals surface area contributed by atoms with E-state index < -0.39 is 0 Å². The van der Waals surface area contributed by atoms with E-state index in [1.807, 2.05) is 6.07 Å². The van der Waals surface area contributed by atoms with E-state index in [9.17, 15) is 5.11 Å². The molecule has 0 radical (unpaired) electrons. The van der Waals surface area contributed by atoms with Crippen molar-refractivity contribution in [3.63, 3.8) is 0 Å². The second kappa shape index (κ2) is 5.86. The lowest BCUT2D eigenvalue weighted by Gasteiger charge is -2.58. The molecule has 1 fully saturated rings. The number of fused-ring (bicyclic) bond motifs is 4. The fraction of sp³-hybridized carbons (Fsp3) is 0.391. The van der Waals surface area contributed by atoms with Gasteiger partial charge in [0.05, 0.1) is 0 Å². The number of phenols is 1. The third kappa shape index (κ3) is 2.23. The highest BCUT2D eigenvalue weighted by atomic mass is 79.9. The van der Waals surface area contributed by atoms with E-state index in [4.69, 9.17) is 0 Å². The molecule has 3 aliphatic rings. The highest BCUT2D eigenvalue weighted by molar-refractivity contribution is 8.93. The van der Waals surface area contributed by atoms with E-state index in [0.717, 1.165) is 25.8 Å². The van der Waals surface area contributed by atoms with Gasteiger partial charge in [0.25, 0.3) is 0 Å². The van der Waals surface area contributed by atoms with Crippen LogP contribution in [-0.4, -0.2) is 34.6 Å². The van der Waals surface area contributed by atoms with Crippen LogP contribution in [-0.2, 0) is 24.7 Å². The number of para-hydroxylation sites is 1. The first kappa shape index (κ1) is 17.3. The standard InChI is InChI=1S/C23H24N2O.BrH/c1-25-9-8-23-13-21-17(16-4-2-3-5-20(16)24-21)12-19(23)22(25)10-14-6-7-15(26)11-18(14)23;/h2-7,11,19,22,24,26H,8-10,12-13H2,1H3;1H/t19-,22+,23+;/m0./s1. The van der Waals surface area contributed by atoms with Crippen molar-refractivity contribution in [3.05, 3.63) is 64.8 Å². The first-order chi connectivity index (χ1) is 12.7. The van der Waals surface area contributed by atoms with Gasteiger partial charge in [0.2, 0.25) is 0 Å². The number of phenolic OH excluding ortho intramolecular Hbond substituents is 1. The summed E-state index contributed by atoms with van der Waals surface area (Å²) < 4.78 is 0. The molecule has 0 amide bonds. The Balaban J connectivity index is 0.00000160. The van der Waals surface area contributed by atoms with Crippen molar-refractivity contribution in [1.82, 2.24) is 9.88 Å². The smallest absolute Gasteiger partial charge is 0.115 e. The number of hydrogen-bond acceptors (Lipinski definition) is 2. The topological polar surface area (TPSA) is 39.3 Å². The van der Waals surface area contributed by atoms with Gasteiger partial charge in [0, 0.05) is 28.1 Å². The Morgan fingerprint density at radius 2 is 2.00 bits per heavy atom. The van der Waals surface area contributed by atoms with Crippen molar-refractivity contribution in [1.29, 1.82) is 0 Å². The molecule has 4 heteroatoms. The molecule has 6 rings (SSSR count). The summed E-state index contributed by atoms with van der Waals surface area (Å²) in [6.07, 6.45) is 4.50. The molecular formula is C23H25BrN2O. The van der Waals surface area contributed by atoms with E-state index in [-0.39, 0.29) is 22.4 Å². The number of hydrogen-bond donors (Lipinski definition) is 2. The molecule has 3 nitrogen and oxygen atoms in total. The second-order valence-corrected chi connectivity index (χ2v) is 8.61. The Kier molecular flexibility index (Phi) is 3.76. The van der Waals surface area contributed by atoms with Gasteiger partial charge in [-0.3, -0.25) is 0 Å². The fourth-order valence-corrected chi connectivity index (χ4v) is 6.29. The molecule has 0 unspecified atom stereocenters. The van der Waals surface area contributed by atoms with Gasteiger partial charge in [-0.2, -0.15) is 0 Å². The molecule has 1 aromatic heterocycles. The minimum Gasteiger partial charge on any atom is -0.508 e. The number of benzene rings is 2. The van der Waals surface area contributed by atoms with Crippen LogP contribution < -0.4 is 0 Å². The molecule has 2 aromatic carbocycles. The number of aromatic nitrogens is 1. The fourth-order valence-electron chi connectivity index (χ4n) is 6.29. The summed E-state index contributed by atoms with van der Waals surface area (Å²) in [5, 5.41) is 11.6. The van der Waals surface area contributed by atoms with Crippen molar-refractivity contribution >= 4 is 27.9 Å². The van der Waals surface area contributed by atoms with Crippen LogP contribution in [0.25, 0.3) is 10.9 Å². The van der Waals surface area contributed by atoms with Gasteiger partial charge in [0.15, 0.2) is 0 Å². The molecule has 0 spiro atoms. The van der Waals surface area contributed by atoms with Crippen LogP contribution in [0, 0.1) is 5.92 Å². The maximum Gasteiger partial charge on any atom is 0.115 e. The number of likely N-dealkylation sites (N-methyl/N-ethyl adjacent to an activating group) is 1. The highest BCUT2D eigenvalue weighted by Crippen LogP contribution is 2.55. The summed E-state index contributed by atoms with van der Waals surface area (Å²) in [6, 6.07) is 15.4. The van der Waals surface area contributed by atoms with Gasteiger partial charge in [-0.1, -0.05) is 24.3 Å². The SMILES string of the molecule is Br.CN1CC[C@]23Cc4[nH]c5ccccc5c4C[C@H]2[C@H]1Cc1ccc(O)cc13. The predicted octanol–water partition coefficient (Wildman–Crippen LogP) is 4.36. The summed E-state index contributed by atoms with van der Waals surface area (Å²) in [5.41, 5.74) is 7.24. The number of aromatic amines is 1. The van der Waals surface area contributed by atoms with Gasteiger partial charge < -0.3 is 15.0 Å². The van der Waals surface area contributed by atoms with Crippen LogP contribution in [0.5, 0.6) is 5.75 Å². The molecule has 2 heterocycles. The monoisotopic (exact) mass is 424 g/mol. The Bertz CT molecular complexity index is 1040. The molecule has 0 saturated carbocycles. The zero-order valence-corrected chi connectivity index (χ0v) is 17.2. The lowest BCUT2D eigenvalue weighted by molar-refractivity contribution is 0.0240. The van der Waals surface area contributed by atoms with Crippen LogP contribution in [0.1, 0.15) is 28.8 Å². The molecule has 2 aliphatic carbocycles. The number of nitrogens with one attached hydrogen (secondary N) is 1. The Hall–Kier alpha value is -1.78. The summed E-state index contributed by atoms with van der Waals surface area (Å²) in [4.78, 5) is 6.31. The van der Waals surface area contributed by atoms with E-state index >= 15 is 0 Å². The number of aromatic hydroxyl groups is 1. The summed E-state index contributed by atoms with van der Waals surface area (Å²) in [6.45, 7) is 1.14. The number of rotatable bonds is 0. The second-order valence-electron chi connectivity index (χ2n) is 8.61. The van der Waals surface area contributed by atoms with Gasteiger partial charge >= 0.3 is 0 Å². The Morgan fingerprint density at radius 1 is 1.15 bits per heavy atom. The zero-order chi connectivity index (χ0) is 17.5. The molecule has 27 heavy (non-hydrogen) atoms. The lowest BCUT2D eigenvalue weighted by Crippen LogP contribution is -2.61. The predicted molar refractivity (Wildman–Crippen MR) is 114 cm³/mol. The van der Waals surface area contributed by atoms with E-state index in [1.54, 1.807) is 0 Å². The quantitative estimate of drug-likeness (QED) is 0.562. The summed E-state index contributed by atoms with van der Waals surface area (Å²) >= 11 is 0. The van der Waals surface area contributed by atoms with E-state index in [0.29, 0.717) is 17.7 Å². The Morgan fingerprint density at radius 3 is 2.89 bits per heavy atom. The van der Waals surface area contributed by atoms with Crippen molar-refractivity contribution in [2.24, 2.45) is 5.92 Å². The van der Waals surface area contributed by atoms with Gasteiger partial charge in [-0.05, 0) is 80.1 Å². The molecule has 1 aliphatic heterocycles. The zero-order valence-electron chi connectivity index (χ0n) is 15.5. The molecule has 3 aromatic rings. The molecule has 3 atom stereocenters. The number of H-pyrrole nitrogens is 1. The van der Waals surface area contributed by atoms with Crippen LogP contribution in [0.15, 0.2) is 42.5 Å². The van der Waals surface area contributed by atoms with Crippen LogP contribution in [0.4, 0.5) is 0 Å². The van der Waals surface area contributed by atoms with Crippen molar-refractivity contribution in [2.75, 3.05) is 13.6 Å². The third-order valence-electron chi connectivity index (χ3n) is 7.53. The maximum atomic E-state index is 10.2. The normalized spacial score (nSPS) is 28.8. The minimum absolute atomic E-state index is 0. The Labute approximate surface area is 170 Å². The summed E-state index contributed by atoms with van der Waals surface area (Å²) in [5.74, 6) is 1.04. The average molecular weight is 425 g/mol. The molecule has 1 saturated heterocycles. The van der Waals surface area contributed by atoms with Gasteiger partial charge in [0.1, 0.15) is 5.75 Å². The van der Waals surface area contributed by atoms with Crippen molar-refractivity contribution in [2.45, 2.75) is 37.1 Å². The van der Waals surface area contributed by atoms with Crippen LogP contribution in [0.2, 0.25) is 0 Å². The molecule has 2 bridgehead atoms. The van der Waals surface area contributed by atoms with Crippen molar-refractivity contribution in [3.8, 4) is 5.75 Å². The average Bonchev–Trinajstić information content (AvgIpc) is 3.00. The minimum atomic E-state index is 0. The molecule has 2 N–H and O–H groups in total. The maximum absolute atomic E-state index is 10.2. The number of likely N-dealkylation sites (tertiary alicyclic amines) is 1. The summed E-state index contributed by atoms with van der Waals surface area (Å²) in [7, 11) is 2.30. The van der Waals surface area contributed by atoms with Crippen LogP contribution >= 0.6 is 17.0 Å². The van der Waals surface area contributed by atoms with Gasteiger partial charge in [-0.25, -0.2) is 0 Å². The molecular weight excluding hydrogens is 400 g/mol. The van der Waals surface area contributed by atoms with Crippen molar-refractivity contribution < 1.29 is 5.11 Å². The molecule has 140 valence electrons. The highest BCUT2D eigenvalue weighted by Gasteiger charge is 2.54. The number of nitrogens with zero attached hydrogens (tertiary/aromatic N) is 1. The number of halogens is 1. The lowest BCUT2D eigenvalue weighted by atomic mass is 9.52. The largest absolute Gasteiger partial charge is 0.508 e. The first-order valence-corrected chi connectivity index (χ1v) is 9.77.